The Morgan fingerprint density at radius 3 is 2.23 bits per heavy atom. The number of phenolic OH excluding ortho intramolecular Hbond substituents is 1. The van der Waals surface area contributed by atoms with Crippen molar-refractivity contribution in [2.24, 2.45) is 0 Å². The monoisotopic (exact) mass is 466 g/mol. The number of anilines is 2. The fourth-order valence-electron chi connectivity index (χ4n) is 2.83. The van der Waals surface area contributed by atoms with E-state index in [2.05, 4.69) is 9.44 Å². The zero-order valence-corrected chi connectivity index (χ0v) is 18.4. The molecule has 0 bridgehead atoms. The molecule has 7 nitrogen and oxygen atoms in total. The smallest absolute Gasteiger partial charge is 0.262 e. The lowest BCUT2D eigenvalue weighted by Crippen LogP contribution is -2.16. The van der Waals surface area contributed by atoms with Gasteiger partial charge < -0.3 is 5.11 Å². The van der Waals surface area contributed by atoms with Crippen LogP contribution in [0.2, 0.25) is 5.02 Å². The first-order valence-corrected chi connectivity index (χ1v) is 12.0. The van der Waals surface area contributed by atoms with Gasteiger partial charge in [-0.1, -0.05) is 35.4 Å². The number of halogens is 1. The summed E-state index contributed by atoms with van der Waals surface area (Å²) in [7, 11) is -8.11. The van der Waals surface area contributed by atoms with E-state index in [1.807, 2.05) is 6.92 Å². The van der Waals surface area contributed by atoms with Gasteiger partial charge in [0.25, 0.3) is 20.0 Å². The molecule has 158 valence electrons. The molecule has 10 heteroatoms. The summed E-state index contributed by atoms with van der Waals surface area (Å²) < 4.78 is 55.5. The van der Waals surface area contributed by atoms with Gasteiger partial charge in [-0.15, -0.1) is 0 Å². The van der Waals surface area contributed by atoms with Gasteiger partial charge in [0.1, 0.15) is 5.75 Å². The summed E-state index contributed by atoms with van der Waals surface area (Å²) in [5.41, 5.74) is 1.40. The van der Waals surface area contributed by atoms with Gasteiger partial charge in [0, 0.05) is 5.02 Å². The second-order valence-corrected chi connectivity index (χ2v) is 10.4. The van der Waals surface area contributed by atoms with Crippen LogP contribution in [0.5, 0.6) is 5.75 Å². The third-order valence-corrected chi connectivity index (χ3v) is 7.36. The van der Waals surface area contributed by atoms with Crippen LogP contribution in [0, 0.1) is 13.8 Å². The third kappa shape index (κ3) is 4.86. The minimum Gasteiger partial charge on any atom is -0.506 e. The van der Waals surface area contributed by atoms with Gasteiger partial charge in [-0.05, 0) is 61.9 Å². The molecular formula is C20H19ClN2O5S2. The largest absolute Gasteiger partial charge is 0.506 e. The van der Waals surface area contributed by atoms with Crippen LogP contribution in [-0.2, 0) is 20.0 Å². The molecule has 3 aromatic carbocycles. The molecule has 3 aromatic rings. The molecule has 0 spiro atoms. The van der Waals surface area contributed by atoms with Gasteiger partial charge in [-0.2, -0.15) is 0 Å². The van der Waals surface area contributed by atoms with Gasteiger partial charge in [0.2, 0.25) is 0 Å². The molecule has 0 aromatic heterocycles. The second-order valence-electron chi connectivity index (χ2n) is 6.67. The van der Waals surface area contributed by atoms with Crippen LogP contribution in [0.25, 0.3) is 0 Å². The summed E-state index contributed by atoms with van der Waals surface area (Å²) in [6, 6.07) is 14.3. The van der Waals surface area contributed by atoms with Crippen molar-refractivity contribution in [2.75, 3.05) is 9.44 Å². The quantitative estimate of drug-likeness (QED) is 0.470. The lowest BCUT2D eigenvalue weighted by Gasteiger charge is -2.14. The number of aryl methyl sites for hydroxylation is 2. The molecule has 0 aliphatic carbocycles. The summed E-state index contributed by atoms with van der Waals surface area (Å²) in [6.45, 7) is 3.49. The predicted octanol–water partition coefficient (Wildman–Crippen LogP) is 4.26. The number of rotatable bonds is 6. The highest BCUT2D eigenvalue weighted by molar-refractivity contribution is 7.93. The van der Waals surface area contributed by atoms with Crippen molar-refractivity contribution < 1.29 is 21.9 Å². The van der Waals surface area contributed by atoms with E-state index >= 15 is 0 Å². The number of sulfonamides is 2. The molecule has 0 radical (unpaired) electrons. The molecular weight excluding hydrogens is 448 g/mol. The van der Waals surface area contributed by atoms with Crippen molar-refractivity contribution in [3.05, 3.63) is 76.8 Å². The van der Waals surface area contributed by atoms with Crippen LogP contribution in [0.1, 0.15) is 11.1 Å². The second kappa shape index (κ2) is 8.17. The average molecular weight is 467 g/mol. The predicted molar refractivity (Wildman–Crippen MR) is 117 cm³/mol. The van der Waals surface area contributed by atoms with Crippen molar-refractivity contribution in [1.29, 1.82) is 0 Å². The summed E-state index contributed by atoms with van der Waals surface area (Å²) in [5, 5.41) is 10.4. The van der Waals surface area contributed by atoms with E-state index in [0.29, 0.717) is 10.6 Å². The van der Waals surface area contributed by atoms with Crippen molar-refractivity contribution in [3.63, 3.8) is 0 Å². The summed E-state index contributed by atoms with van der Waals surface area (Å²) in [4.78, 5) is -0.212. The first-order chi connectivity index (χ1) is 14.0. The molecule has 30 heavy (non-hydrogen) atoms. The van der Waals surface area contributed by atoms with E-state index < -0.39 is 25.8 Å². The zero-order chi connectivity index (χ0) is 22.1. The van der Waals surface area contributed by atoms with Gasteiger partial charge in [-0.25, -0.2) is 16.8 Å². The Hall–Kier alpha value is -2.75. The number of nitrogens with one attached hydrogen (secondary N) is 2. The molecule has 0 saturated heterocycles. The van der Waals surface area contributed by atoms with E-state index in [0.717, 1.165) is 23.8 Å². The van der Waals surface area contributed by atoms with Crippen molar-refractivity contribution >= 4 is 43.0 Å². The average Bonchev–Trinajstić information content (AvgIpc) is 2.62. The summed E-state index contributed by atoms with van der Waals surface area (Å²) in [6.07, 6.45) is 0. The van der Waals surface area contributed by atoms with E-state index in [-0.39, 0.29) is 21.2 Å². The summed E-state index contributed by atoms with van der Waals surface area (Å²) >= 11 is 5.87. The van der Waals surface area contributed by atoms with Gasteiger partial charge in [0.05, 0.1) is 21.2 Å². The summed E-state index contributed by atoms with van der Waals surface area (Å²) in [5.74, 6) is -0.412. The zero-order valence-electron chi connectivity index (χ0n) is 16.0. The molecule has 0 amide bonds. The molecule has 0 heterocycles. The first kappa shape index (κ1) is 21.9. The van der Waals surface area contributed by atoms with Crippen LogP contribution in [0.3, 0.4) is 0 Å². The molecule has 3 rings (SSSR count). The number of aromatic hydroxyl groups is 1. The topological polar surface area (TPSA) is 113 Å². The van der Waals surface area contributed by atoms with Crippen molar-refractivity contribution in [3.8, 4) is 5.75 Å². The van der Waals surface area contributed by atoms with Crippen molar-refractivity contribution in [1.82, 2.24) is 0 Å². The Bertz CT molecular complexity index is 1320. The standard InChI is InChI=1S/C20H19ClN2O5S2/c1-13-6-9-20(14(2)10-13)30(27,28)23-18-12-17(7-8-19(18)24)29(25,26)22-16-5-3-4-15(21)11-16/h3-12,22-24H,1-2H3. The number of hydrogen-bond donors (Lipinski definition) is 3. The Kier molecular flexibility index (Phi) is 5.98. The number of hydrogen-bond acceptors (Lipinski definition) is 5. The third-order valence-electron chi connectivity index (χ3n) is 4.22. The van der Waals surface area contributed by atoms with Gasteiger partial charge >= 0.3 is 0 Å². The maximum absolute atomic E-state index is 12.8. The lowest BCUT2D eigenvalue weighted by molar-refractivity contribution is 0.477. The molecule has 0 aliphatic rings. The first-order valence-electron chi connectivity index (χ1n) is 8.69. The maximum Gasteiger partial charge on any atom is 0.262 e. The molecule has 0 aliphatic heterocycles. The minimum absolute atomic E-state index is 0.0258. The fourth-order valence-corrected chi connectivity index (χ4v) is 5.39. The highest BCUT2D eigenvalue weighted by atomic mass is 35.5. The Balaban J connectivity index is 1.95. The van der Waals surface area contributed by atoms with Gasteiger partial charge in [0.15, 0.2) is 0 Å². The Labute approximate surface area is 180 Å². The highest BCUT2D eigenvalue weighted by Crippen LogP contribution is 2.30. The molecule has 0 atom stereocenters. The van der Waals surface area contributed by atoms with E-state index in [1.54, 1.807) is 31.2 Å². The minimum atomic E-state index is -4.06. The number of phenols is 1. The maximum atomic E-state index is 12.8. The van der Waals surface area contributed by atoms with Crippen molar-refractivity contribution in [2.45, 2.75) is 23.6 Å². The molecule has 0 fully saturated rings. The van der Waals surface area contributed by atoms with Crippen LogP contribution in [0.15, 0.2) is 70.5 Å². The Morgan fingerprint density at radius 1 is 0.833 bits per heavy atom. The SMILES string of the molecule is Cc1ccc(S(=O)(=O)Nc2cc(S(=O)(=O)Nc3cccc(Cl)c3)ccc2O)c(C)c1. The van der Waals surface area contributed by atoms with Crippen LogP contribution < -0.4 is 9.44 Å². The molecule has 0 unspecified atom stereocenters. The normalized spacial score (nSPS) is 11.8. The molecule has 0 saturated carbocycles. The van der Waals surface area contributed by atoms with Crippen LogP contribution in [0.4, 0.5) is 11.4 Å². The number of benzene rings is 3. The Morgan fingerprint density at radius 2 is 1.57 bits per heavy atom. The van der Waals surface area contributed by atoms with E-state index in [1.165, 1.54) is 18.2 Å². The van der Waals surface area contributed by atoms with E-state index in [9.17, 15) is 21.9 Å². The van der Waals surface area contributed by atoms with Crippen LogP contribution >= 0.6 is 11.6 Å². The molecule has 3 N–H and O–H groups in total. The van der Waals surface area contributed by atoms with Gasteiger partial charge in [-0.3, -0.25) is 9.44 Å². The van der Waals surface area contributed by atoms with E-state index in [4.69, 9.17) is 11.6 Å². The lowest BCUT2D eigenvalue weighted by atomic mass is 10.2. The highest BCUT2D eigenvalue weighted by Gasteiger charge is 2.21. The fraction of sp³-hybridized carbons (Fsp3) is 0.100. The van der Waals surface area contributed by atoms with Crippen LogP contribution in [-0.4, -0.2) is 21.9 Å².